The summed E-state index contributed by atoms with van der Waals surface area (Å²) in [5, 5.41) is 9.51. The lowest BCUT2D eigenvalue weighted by Crippen LogP contribution is -2.55. The number of ether oxygens (including phenoxy) is 1. The SMILES string of the molecule is CCC(CC)N(CCOC)C1CCCC(N)(CO)C1. The summed E-state index contributed by atoms with van der Waals surface area (Å²) in [7, 11) is 1.76. The van der Waals surface area contributed by atoms with Gasteiger partial charge in [0, 0.05) is 31.3 Å². The van der Waals surface area contributed by atoms with Crippen LogP contribution in [0.5, 0.6) is 0 Å². The fourth-order valence-corrected chi connectivity index (χ4v) is 3.41. The second-order valence-electron chi connectivity index (χ2n) is 5.97. The Balaban J connectivity index is 2.72. The van der Waals surface area contributed by atoms with E-state index in [0.29, 0.717) is 12.1 Å². The third kappa shape index (κ3) is 4.71. The van der Waals surface area contributed by atoms with Crippen LogP contribution in [-0.2, 0) is 4.74 Å². The van der Waals surface area contributed by atoms with Gasteiger partial charge < -0.3 is 15.6 Å². The molecule has 0 heterocycles. The van der Waals surface area contributed by atoms with Gasteiger partial charge in [0.1, 0.15) is 0 Å². The van der Waals surface area contributed by atoms with Crippen LogP contribution in [0.3, 0.4) is 0 Å². The molecule has 0 aliphatic heterocycles. The van der Waals surface area contributed by atoms with Crippen LogP contribution in [0, 0.1) is 0 Å². The summed E-state index contributed by atoms with van der Waals surface area (Å²) in [6.07, 6.45) is 6.48. The molecule has 1 saturated carbocycles. The molecule has 4 heteroatoms. The third-order valence-corrected chi connectivity index (χ3v) is 4.60. The summed E-state index contributed by atoms with van der Waals surface area (Å²) in [5.41, 5.74) is 5.92. The van der Waals surface area contributed by atoms with E-state index in [1.807, 2.05) is 0 Å². The topological polar surface area (TPSA) is 58.7 Å². The van der Waals surface area contributed by atoms with E-state index in [4.69, 9.17) is 10.5 Å². The Hall–Kier alpha value is -0.160. The average molecular weight is 272 g/mol. The van der Waals surface area contributed by atoms with E-state index in [-0.39, 0.29) is 12.1 Å². The van der Waals surface area contributed by atoms with Crippen LogP contribution < -0.4 is 5.73 Å². The molecule has 1 rings (SSSR count). The highest BCUT2D eigenvalue weighted by Gasteiger charge is 2.36. The summed E-state index contributed by atoms with van der Waals surface area (Å²) >= 11 is 0. The van der Waals surface area contributed by atoms with Crippen molar-refractivity contribution in [2.24, 2.45) is 5.73 Å². The molecule has 114 valence electrons. The molecule has 0 saturated heterocycles. The minimum absolute atomic E-state index is 0.102. The Morgan fingerprint density at radius 2 is 2.11 bits per heavy atom. The Labute approximate surface area is 118 Å². The van der Waals surface area contributed by atoms with Gasteiger partial charge in [0.25, 0.3) is 0 Å². The van der Waals surface area contributed by atoms with Crippen molar-refractivity contribution < 1.29 is 9.84 Å². The first-order valence-corrected chi connectivity index (χ1v) is 7.74. The van der Waals surface area contributed by atoms with Gasteiger partial charge in [-0.25, -0.2) is 0 Å². The predicted molar refractivity (Wildman–Crippen MR) is 79.2 cm³/mol. The number of aliphatic hydroxyl groups excluding tert-OH is 1. The van der Waals surface area contributed by atoms with Crippen LogP contribution >= 0.6 is 0 Å². The zero-order valence-corrected chi connectivity index (χ0v) is 12.9. The molecule has 1 aliphatic carbocycles. The number of hydrogen-bond donors (Lipinski definition) is 2. The van der Waals surface area contributed by atoms with Gasteiger partial charge in [-0.2, -0.15) is 0 Å². The number of hydrogen-bond acceptors (Lipinski definition) is 4. The molecular weight excluding hydrogens is 240 g/mol. The molecule has 1 fully saturated rings. The molecule has 0 aromatic carbocycles. The molecule has 4 nitrogen and oxygen atoms in total. The molecule has 2 atom stereocenters. The molecule has 0 radical (unpaired) electrons. The van der Waals surface area contributed by atoms with Crippen molar-refractivity contribution in [1.29, 1.82) is 0 Å². The summed E-state index contributed by atoms with van der Waals surface area (Å²) in [5.74, 6) is 0. The Kier molecular flexibility index (Phi) is 7.29. The summed E-state index contributed by atoms with van der Waals surface area (Å²) < 4.78 is 5.26. The number of aliphatic hydroxyl groups is 1. The zero-order valence-electron chi connectivity index (χ0n) is 12.9. The molecule has 0 spiro atoms. The van der Waals surface area contributed by atoms with Crippen LogP contribution in [0.15, 0.2) is 0 Å². The van der Waals surface area contributed by atoms with E-state index in [1.165, 1.54) is 6.42 Å². The van der Waals surface area contributed by atoms with E-state index in [1.54, 1.807) is 7.11 Å². The normalized spacial score (nSPS) is 28.3. The molecule has 1 aliphatic rings. The Bertz CT molecular complexity index is 246. The number of methoxy groups -OCH3 is 1. The maximum absolute atomic E-state index is 9.51. The molecule has 0 aromatic rings. The Morgan fingerprint density at radius 3 is 2.63 bits per heavy atom. The first-order chi connectivity index (χ1) is 9.10. The second-order valence-corrected chi connectivity index (χ2v) is 5.97. The van der Waals surface area contributed by atoms with Crippen LogP contribution in [0.2, 0.25) is 0 Å². The van der Waals surface area contributed by atoms with Crippen molar-refractivity contribution in [3.05, 3.63) is 0 Å². The minimum atomic E-state index is -0.375. The second kappa shape index (κ2) is 8.20. The maximum Gasteiger partial charge on any atom is 0.0611 e. The van der Waals surface area contributed by atoms with Gasteiger partial charge in [0.2, 0.25) is 0 Å². The fraction of sp³-hybridized carbons (Fsp3) is 1.00. The van der Waals surface area contributed by atoms with E-state index in [9.17, 15) is 5.11 Å². The number of nitrogens with zero attached hydrogens (tertiary/aromatic N) is 1. The highest BCUT2D eigenvalue weighted by molar-refractivity contribution is 4.95. The van der Waals surface area contributed by atoms with Crippen molar-refractivity contribution in [3.63, 3.8) is 0 Å². The summed E-state index contributed by atoms with van der Waals surface area (Å²) in [6, 6.07) is 1.09. The summed E-state index contributed by atoms with van der Waals surface area (Å²) in [6.45, 7) is 6.33. The van der Waals surface area contributed by atoms with Crippen molar-refractivity contribution >= 4 is 0 Å². The monoisotopic (exact) mass is 272 g/mol. The largest absolute Gasteiger partial charge is 0.394 e. The first kappa shape index (κ1) is 16.9. The van der Waals surface area contributed by atoms with Gasteiger partial charge in [-0.15, -0.1) is 0 Å². The maximum atomic E-state index is 9.51. The van der Waals surface area contributed by atoms with E-state index in [2.05, 4.69) is 18.7 Å². The Morgan fingerprint density at radius 1 is 1.42 bits per heavy atom. The highest BCUT2D eigenvalue weighted by Crippen LogP contribution is 2.31. The number of nitrogens with two attached hydrogens (primary N) is 1. The van der Waals surface area contributed by atoms with Gasteiger partial charge >= 0.3 is 0 Å². The van der Waals surface area contributed by atoms with Crippen LogP contribution in [0.1, 0.15) is 52.4 Å². The lowest BCUT2D eigenvalue weighted by atomic mass is 9.79. The van der Waals surface area contributed by atoms with Crippen molar-refractivity contribution in [2.45, 2.75) is 70.0 Å². The molecule has 0 aromatic heterocycles. The van der Waals surface area contributed by atoms with Crippen LogP contribution in [0.25, 0.3) is 0 Å². The third-order valence-electron chi connectivity index (χ3n) is 4.60. The molecule has 0 amide bonds. The van der Waals surface area contributed by atoms with Crippen molar-refractivity contribution in [2.75, 3.05) is 26.9 Å². The average Bonchev–Trinajstić information content (AvgIpc) is 2.43. The lowest BCUT2D eigenvalue weighted by Gasteiger charge is -2.44. The molecular formula is C15H32N2O2. The molecule has 3 N–H and O–H groups in total. The minimum Gasteiger partial charge on any atom is -0.394 e. The smallest absolute Gasteiger partial charge is 0.0611 e. The fourth-order valence-electron chi connectivity index (χ4n) is 3.41. The van der Waals surface area contributed by atoms with Crippen molar-refractivity contribution in [3.8, 4) is 0 Å². The number of rotatable bonds is 8. The molecule has 2 unspecified atom stereocenters. The van der Waals surface area contributed by atoms with Gasteiger partial charge in [0.15, 0.2) is 0 Å². The standard InChI is InChI=1S/C15H32N2O2/c1-4-13(5-2)17(9-10-19-3)14-7-6-8-15(16,11-14)12-18/h13-14,18H,4-12,16H2,1-3H3. The van der Waals surface area contributed by atoms with E-state index >= 15 is 0 Å². The predicted octanol–water partition coefficient (Wildman–Crippen LogP) is 1.76. The first-order valence-electron chi connectivity index (χ1n) is 7.74. The highest BCUT2D eigenvalue weighted by atomic mass is 16.5. The van der Waals surface area contributed by atoms with Gasteiger partial charge in [0.05, 0.1) is 13.2 Å². The summed E-state index contributed by atoms with van der Waals surface area (Å²) in [4.78, 5) is 2.57. The van der Waals surface area contributed by atoms with E-state index < -0.39 is 0 Å². The quantitative estimate of drug-likeness (QED) is 0.707. The van der Waals surface area contributed by atoms with Gasteiger partial charge in [-0.3, -0.25) is 4.90 Å². The van der Waals surface area contributed by atoms with Crippen LogP contribution in [-0.4, -0.2) is 54.5 Å². The zero-order chi connectivity index (χ0) is 14.3. The van der Waals surface area contributed by atoms with E-state index in [0.717, 1.165) is 45.3 Å². The lowest BCUT2D eigenvalue weighted by molar-refractivity contribution is 0.0330. The van der Waals surface area contributed by atoms with Gasteiger partial charge in [-0.1, -0.05) is 13.8 Å². The van der Waals surface area contributed by atoms with Crippen molar-refractivity contribution in [1.82, 2.24) is 4.90 Å². The molecule has 19 heavy (non-hydrogen) atoms. The molecule has 0 bridgehead atoms. The van der Waals surface area contributed by atoms with Crippen LogP contribution in [0.4, 0.5) is 0 Å². The van der Waals surface area contributed by atoms with Gasteiger partial charge in [-0.05, 0) is 38.5 Å².